The molecule has 29 heavy (non-hydrogen) atoms. The van der Waals surface area contributed by atoms with Crippen LogP contribution < -0.4 is 4.74 Å². The first kappa shape index (κ1) is 20.9. The Morgan fingerprint density at radius 3 is 2.55 bits per heavy atom. The molecule has 3 rings (SSSR count). The van der Waals surface area contributed by atoms with Crippen molar-refractivity contribution in [3.8, 4) is 11.5 Å². The second-order valence-electron chi connectivity index (χ2n) is 5.96. The Kier molecular flexibility index (Phi) is 6.29. The number of likely N-dealkylation sites (N-methyl/N-ethyl adjacent to an activating group) is 1. The van der Waals surface area contributed by atoms with Gasteiger partial charge in [0.25, 0.3) is 5.91 Å². The highest BCUT2D eigenvalue weighted by molar-refractivity contribution is 9.10. The smallest absolute Gasteiger partial charge is 0.337 e. The zero-order valence-electron chi connectivity index (χ0n) is 15.8. The highest BCUT2D eigenvalue weighted by atomic mass is 79.9. The Balaban J connectivity index is 1.88. The van der Waals surface area contributed by atoms with Gasteiger partial charge in [0.15, 0.2) is 16.7 Å². The maximum atomic E-state index is 12.6. The monoisotopic (exact) mass is 476 g/mol. The van der Waals surface area contributed by atoms with Crippen molar-refractivity contribution in [1.29, 1.82) is 0 Å². The van der Waals surface area contributed by atoms with Gasteiger partial charge < -0.3 is 14.6 Å². The van der Waals surface area contributed by atoms with Gasteiger partial charge in [0, 0.05) is 7.05 Å². The van der Waals surface area contributed by atoms with Gasteiger partial charge in [-0.25, -0.2) is 9.79 Å². The van der Waals surface area contributed by atoms with Gasteiger partial charge in [0.1, 0.15) is 0 Å². The normalized spacial score (nSPS) is 16.6. The number of methoxy groups -OCH3 is 2. The van der Waals surface area contributed by atoms with Gasteiger partial charge in [0.05, 0.1) is 34.8 Å². The molecular weight excluding hydrogens is 460 g/mol. The Morgan fingerprint density at radius 2 is 1.93 bits per heavy atom. The molecule has 7 nitrogen and oxygen atoms in total. The molecular formula is C20H17BrN2O5S. The van der Waals surface area contributed by atoms with E-state index in [1.807, 2.05) is 0 Å². The number of thioether (sulfide) groups is 1. The number of phenols is 1. The predicted molar refractivity (Wildman–Crippen MR) is 116 cm³/mol. The SMILES string of the molecule is COC(=O)c1ccc(N=C2SC(=Cc3cc(Br)c(O)c(OC)c3)C(=O)N2C)cc1. The largest absolute Gasteiger partial charge is 0.503 e. The molecule has 1 saturated heterocycles. The van der Waals surface area contributed by atoms with Crippen molar-refractivity contribution in [2.45, 2.75) is 0 Å². The van der Waals surface area contributed by atoms with Crippen LogP contribution in [0.25, 0.3) is 6.08 Å². The van der Waals surface area contributed by atoms with Crippen molar-refractivity contribution < 1.29 is 24.2 Å². The number of hydrogen-bond acceptors (Lipinski definition) is 7. The van der Waals surface area contributed by atoms with Crippen LogP contribution in [0.1, 0.15) is 15.9 Å². The summed E-state index contributed by atoms with van der Waals surface area (Å²) >= 11 is 4.51. The van der Waals surface area contributed by atoms with Crippen LogP contribution in [0.4, 0.5) is 5.69 Å². The second-order valence-corrected chi connectivity index (χ2v) is 7.82. The van der Waals surface area contributed by atoms with E-state index in [1.54, 1.807) is 49.5 Å². The molecule has 0 unspecified atom stereocenters. The van der Waals surface area contributed by atoms with E-state index in [0.29, 0.717) is 37.1 Å². The van der Waals surface area contributed by atoms with Crippen LogP contribution in [-0.4, -0.2) is 48.3 Å². The number of hydrogen-bond donors (Lipinski definition) is 1. The summed E-state index contributed by atoms with van der Waals surface area (Å²) in [5, 5.41) is 10.4. The maximum Gasteiger partial charge on any atom is 0.337 e. The number of rotatable bonds is 4. The molecule has 1 amide bonds. The zero-order chi connectivity index (χ0) is 21.1. The van der Waals surface area contributed by atoms with Gasteiger partial charge in [-0.15, -0.1) is 0 Å². The molecule has 2 aromatic rings. The number of phenolic OH excluding ortho intramolecular Hbond substituents is 1. The maximum absolute atomic E-state index is 12.6. The van der Waals surface area contributed by atoms with Crippen molar-refractivity contribution in [2.75, 3.05) is 21.3 Å². The number of halogens is 1. The fourth-order valence-electron chi connectivity index (χ4n) is 2.54. The van der Waals surface area contributed by atoms with Crippen molar-refractivity contribution in [1.82, 2.24) is 4.90 Å². The fourth-order valence-corrected chi connectivity index (χ4v) is 3.98. The minimum absolute atomic E-state index is 0.00479. The standard InChI is InChI=1S/C20H17BrN2O5S/c1-23-18(25)16(10-11-8-14(21)17(24)15(9-11)27-2)29-20(23)22-13-6-4-12(5-7-13)19(26)28-3/h4-10,24H,1-3H3. The Morgan fingerprint density at radius 1 is 1.24 bits per heavy atom. The molecule has 0 atom stereocenters. The van der Waals surface area contributed by atoms with Gasteiger partial charge in [0.2, 0.25) is 0 Å². The minimum atomic E-state index is -0.424. The molecule has 1 heterocycles. The zero-order valence-corrected chi connectivity index (χ0v) is 18.2. The van der Waals surface area contributed by atoms with Crippen molar-refractivity contribution in [3.63, 3.8) is 0 Å². The molecule has 0 aliphatic carbocycles. The van der Waals surface area contributed by atoms with Crippen LogP contribution in [-0.2, 0) is 9.53 Å². The molecule has 0 radical (unpaired) electrons. The van der Waals surface area contributed by atoms with Crippen LogP contribution in [0.15, 0.2) is 50.8 Å². The minimum Gasteiger partial charge on any atom is -0.503 e. The van der Waals surface area contributed by atoms with Gasteiger partial charge in [-0.1, -0.05) is 0 Å². The highest BCUT2D eigenvalue weighted by Crippen LogP contribution is 2.38. The van der Waals surface area contributed by atoms with E-state index in [4.69, 9.17) is 4.74 Å². The van der Waals surface area contributed by atoms with Gasteiger partial charge in [-0.2, -0.15) is 0 Å². The molecule has 0 aromatic heterocycles. The summed E-state index contributed by atoms with van der Waals surface area (Å²) in [5.74, 6) is -0.319. The van der Waals surface area contributed by atoms with E-state index < -0.39 is 5.97 Å². The Hall–Kier alpha value is -2.78. The number of ether oxygens (including phenoxy) is 2. The number of carbonyl (C=O) groups is 2. The highest BCUT2D eigenvalue weighted by Gasteiger charge is 2.30. The molecule has 150 valence electrons. The summed E-state index contributed by atoms with van der Waals surface area (Å²) in [7, 11) is 4.42. The average molecular weight is 477 g/mol. The van der Waals surface area contributed by atoms with Gasteiger partial charge in [-0.05, 0) is 75.7 Å². The van der Waals surface area contributed by atoms with E-state index in [9.17, 15) is 14.7 Å². The van der Waals surface area contributed by atoms with Crippen molar-refractivity contribution in [2.24, 2.45) is 4.99 Å². The Bertz CT molecular complexity index is 1030. The van der Waals surface area contributed by atoms with E-state index in [0.717, 1.165) is 0 Å². The number of amides is 1. The van der Waals surface area contributed by atoms with Crippen molar-refractivity contribution >= 4 is 56.5 Å². The topological polar surface area (TPSA) is 88.4 Å². The quantitative estimate of drug-likeness (QED) is 0.525. The first-order chi connectivity index (χ1) is 13.8. The number of amidine groups is 1. The number of carbonyl (C=O) groups excluding carboxylic acids is 2. The van der Waals surface area contributed by atoms with Gasteiger partial charge >= 0.3 is 5.97 Å². The Labute approximate surface area is 180 Å². The summed E-state index contributed by atoms with van der Waals surface area (Å²) in [6.45, 7) is 0. The van der Waals surface area contributed by atoms with Crippen LogP contribution in [0.3, 0.4) is 0 Å². The fraction of sp³-hybridized carbons (Fsp3) is 0.150. The summed E-state index contributed by atoms with van der Waals surface area (Å²) < 4.78 is 10.3. The summed E-state index contributed by atoms with van der Waals surface area (Å²) in [6, 6.07) is 9.93. The lowest BCUT2D eigenvalue weighted by Gasteiger charge is -2.07. The summed E-state index contributed by atoms with van der Waals surface area (Å²) in [4.78, 5) is 30.6. The summed E-state index contributed by atoms with van der Waals surface area (Å²) in [5.41, 5.74) is 1.72. The lowest BCUT2D eigenvalue weighted by Crippen LogP contribution is -2.23. The van der Waals surface area contributed by atoms with Gasteiger partial charge in [-0.3, -0.25) is 9.69 Å². The lowest BCUT2D eigenvalue weighted by molar-refractivity contribution is -0.121. The first-order valence-corrected chi connectivity index (χ1v) is 9.96. The third-order valence-electron chi connectivity index (χ3n) is 4.09. The van der Waals surface area contributed by atoms with E-state index in [1.165, 1.54) is 30.9 Å². The van der Waals surface area contributed by atoms with Crippen LogP contribution in [0.5, 0.6) is 11.5 Å². The number of aromatic hydroxyl groups is 1. The molecule has 9 heteroatoms. The molecule has 0 spiro atoms. The van der Waals surface area contributed by atoms with Crippen molar-refractivity contribution in [3.05, 3.63) is 56.9 Å². The number of benzene rings is 2. The molecule has 1 aliphatic rings. The lowest BCUT2D eigenvalue weighted by atomic mass is 10.2. The predicted octanol–water partition coefficient (Wildman–Crippen LogP) is 4.18. The number of nitrogens with zero attached hydrogens (tertiary/aromatic N) is 2. The van der Waals surface area contributed by atoms with Crippen LogP contribution >= 0.6 is 27.7 Å². The number of aliphatic imine (C=N–C) groups is 1. The van der Waals surface area contributed by atoms with E-state index >= 15 is 0 Å². The average Bonchev–Trinajstić information content (AvgIpc) is 2.98. The second kappa shape index (κ2) is 8.71. The number of esters is 1. The van der Waals surface area contributed by atoms with E-state index in [2.05, 4.69) is 25.7 Å². The molecule has 0 saturated carbocycles. The van der Waals surface area contributed by atoms with E-state index in [-0.39, 0.29) is 11.7 Å². The van der Waals surface area contributed by atoms with Crippen LogP contribution in [0, 0.1) is 0 Å². The third-order valence-corrected chi connectivity index (χ3v) is 5.75. The molecule has 1 fully saturated rings. The third kappa shape index (κ3) is 4.46. The molecule has 2 aromatic carbocycles. The van der Waals surface area contributed by atoms with Crippen LogP contribution in [0.2, 0.25) is 0 Å². The first-order valence-electron chi connectivity index (χ1n) is 8.35. The molecule has 0 bridgehead atoms. The molecule has 1 N–H and O–H groups in total. The molecule has 1 aliphatic heterocycles. The summed E-state index contributed by atoms with van der Waals surface area (Å²) in [6.07, 6.45) is 1.71.